The van der Waals surface area contributed by atoms with Crippen molar-refractivity contribution in [2.45, 2.75) is 5.16 Å². The lowest BCUT2D eigenvalue weighted by Crippen LogP contribution is -2.16. The van der Waals surface area contributed by atoms with E-state index < -0.39 is 0 Å². The maximum Gasteiger partial charge on any atom is 0.231 e. The second-order valence-corrected chi connectivity index (χ2v) is 6.92. The Hall–Kier alpha value is -3.27. The Morgan fingerprint density at radius 2 is 1.71 bits per heavy atom. The van der Waals surface area contributed by atoms with Gasteiger partial charge in [-0.2, -0.15) is 4.68 Å². The standard InChI is InChI=1S/C18H14N4O5S/c23-13(11-1-3-14-16(7-11)25-6-5-24-14)9-28-18-19-20-21-22(18)12-2-4-15-17(8-12)27-10-26-15/h1-4,7-8H,5-6,9-10H2. The highest BCUT2D eigenvalue weighted by atomic mass is 32.2. The number of thioether (sulfide) groups is 1. The minimum atomic E-state index is -0.0535. The van der Waals surface area contributed by atoms with E-state index in [-0.39, 0.29) is 18.3 Å². The highest BCUT2D eigenvalue weighted by molar-refractivity contribution is 7.99. The predicted molar refractivity (Wildman–Crippen MR) is 97.8 cm³/mol. The number of hydrogen-bond acceptors (Lipinski definition) is 9. The maximum atomic E-state index is 12.6. The molecule has 28 heavy (non-hydrogen) atoms. The number of ketones is 1. The first-order valence-electron chi connectivity index (χ1n) is 8.52. The maximum absolute atomic E-state index is 12.6. The Balaban J connectivity index is 1.31. The first-order chi connectivity index (χ1) is 13.8. The van der Waals surface area contributed by atoms with Crippen LogP contribution in [0.3, 0.4) is 0 Å². The zero-order valence-corrected chi connectivity index (χ0v) is 15.3. The fourth-order valence-corrected chi connectivity index (χ4v) is 3.66. The highest BCUT2D eigenvalue weighted by Crippen LogP contribution is 2.34. The minimum Gasteiger partial charge on any atom is -0.486 e. The zero-order chi connectivity index (χ0) is 18.9. The van der Waals surface area contributed by atoms with E-state index in [0.29, 0.717) is 46.9 Å². The van der Waals surface area contributed by atoms with Gasteiger partial charge in [-0.3, -0.25) is 4.79 Å². The Kier molecular flexibility index (Phi) is 4.24. The van der Waals surface area contributed by atoms with Gasteiger partial charge in [-0.05, 0) is 40.8 Å². The summed E-state index contributed by atoms with van der Waals surface area (Å²) in [5, 5.41) is 12.3. The molecule has 3 heterocycles. The normalized spacial score (nSPS) is 14.1. The van der Waals surface area contributed by atoms with Crippen LogP contribution in [0, 0.1) is 0 Å². The average Bonchev–Trinajstić information content (AvgIpc) is 3.40. The average molecular weight is 398 g/mol. The van der Waals surface area contributed by atoms with Crippen LogP contribution in [-0.2, 0) is 0 Å². The molecule has 3 aromatic rings. The molecule has 0 spiro atoms. The summed E-state index contributed by atoms with van der Waals surface area (Å²) in [6.07, 6.45) is 0. The molecule has 10 heteroatoms. The van der Waals surface area contributed by atoms with Crippen molar-refractivity contribution in [1.29, 1.82) is 0 Å². The van der Waals surface area contributed by atoms with Crippen LogP contribution in [0.4, 0.5) is 0 Å². The van der Waals surface area contributed by atoms with Crippen LogP contribution < -0.4 is 18.9 Å². The third-order valence-corrected chi connectivity index (χ3v) is 5.16. The Morgan fingerprint density at radius 1 is 0.964 bits per heavy atom. The van der Waals surface area contributed by atoms with E-state index in [0.717, 1.165) is 5.69 Å². The highest BCUT2D eigenvalue weighted by Gasteiger charge is 2.19. The van der Waals surface area contributed by atoms with Gasteiger partial charge >= 0.3 is 0 Å². The number of carbonyl (C=O) groups is 1. The monoisotopic (exact) mass is 398 g/mol. The first-order valence-corrected chi connectivity index (χ1v) is 9.50. The SMILES string of the molecule is O=C(CSc1nnnn1-c1ccc2c(c1)OCO2)c1ccc2c(c1)OCCO2. The summed E-state index contributed by atoms with van der Waals surface area (Å²) in [5.74, 6) is 2.69. The second kappa shape index (κ2) is 7.04. The zero-order valence-electron chi connectivity index (χ0n) is 14.5. The molecule has 0 unspecified atom stereocenters. The Morgan fingerprint density at radius 3 is 2.64 bits per heavy atom. The molecule has 2 aliphatic heterocycles. The summed E-state index contributed by atoms with van der Waals surface area (Å²) < 4.78 is 23.3. The van der Waals surface area contributed by atoms with Gasteiger partial charge in [-0.1, -0.05) is 11.8 Å². The molecule has 5 rings (SSSR count). The molecule has 2 aromatic carbocycles. The molecule has 0 fully saturated rings. The van der Waals surface area contributed by atoms with Gasteiger partial charge in [0.05, 0.1) is 11.4 Å². The summed E-state index contributed by atoms with van der Waals surface area (Å²) in [7, 11) is 0. The van der Waals surface area contributed by atoms with Crippen LogP contribution in [0.15, 0.2) is 41.6 Å². The molecule has 0 atom stereocenters. The van der Waals surface area contributed by atoms with Gasteiger partial charge in [0.1, 0.15) is 13.2 Å². The van der Waals surface area contributed by atoms with Crippen LogP contribution in [0.1, 0.15) is 10.4 Å². The molecular weight excluding hydrogens is 384 g/mol. The lowest BCUT2D eigenvalue weighted by molar-refractivity contribution is 0.102. The van der Waals surface area contributed by atoms with Gasteiger partial charge in [0.25, 0.3) is 0 Å². The van der Waals surface area contributed by atoms with Gasteiger partial charge in [0.15, 0.2) is 28.8 Å². The van der Waals surface area contributed by atoms with Crippen LogP contribution >= 0.6 is 11.8 Å². The van der Waals surface area contributed by atoms with Crippen molar-refractivity contribution in [2.75, 3.05) is 25.8 Å². The van der Waals surface area contributed by atoms with Gasteiger partial charge in [0.2, 0.25) is 11.9 Å². The topological polar surface area (TPSA) is 97.6 Å². The van der Waals surface area contributed by atoms with Gasteiger partial charge in [0, 0.05) is 11.6 Å². The third-order valence-electron chi connectivity index (χ3n) is 4.24. The fourth-order valence-electron chi connectivity index (χ4n) is 2.88. The van der Waals surface area contributed by atoms with Crippen molar-refractivity contribution < 1.29 is 23.7 Å². The summed E-state index contributed by atoms with van der Waals surface area (Å²) in [5.41, 5.74) is 1.28. The number of rotatable bonds is 5. The molecular formula is C18H14N4O5S. The van der Waals surface area contributed by atoms with Gasteiger partial charge in [-0.15, -0.1) is 5.10 Å². The lowest BCUT2D eigenvalue weighted by Gasteiger charge is -2.18. The fraction of sp³-hybridized carbons (Fsp3) is 0.222. The molecule has 0 saturated heterocycles. The van der Waals surface area contributed by atoms with E-state index in [1.807, 2.05) is 6.07 Å². The van der Waals surface area contributed by atoms with Crippen LogP contribution in [0.25, 0.3) is 5.69 Å². The quantitative estimate of drug-likeness (QED) is 0.473. The van der Waals surface area contributed by atoms with Gasteiger partial charge < -0.3 is 18.9 Å². The van der Waals surface area contributed by atoms with Crippen molar-refractivity contribution in [2.24, 2.45) is 0 Å². The summed E-state index contributed by atoms with van der Waals surface area (Å²) in [4.78, 5) is 12.6. The number of carbonyl (C=O) groups excluding carboxylic acids is 1. The van der Waals surface area contributed by atoms with Crippen molar-refractivity contribution in [3.8, 4) is 28.7 Å². The molecule has 1 aromatic heterocycles. The second-order valence-electron chi connectivity index (χ2n) is 5.98. The van der Waals surface area contributed by atoms with Gasteiger partial charge in [-0.25, -0.2) is 0 Å². The molecule has 0 amide bonds. The molecule has 9 nitrogen and oxygen atoms in total. The molecule has 0 radical (unpaired) electrons. The summed E-state index contributed by atoms with van der Waals surface area (Å²) in [6, 6.07) is 10.6. The van der Waals surface area contributed by atoms with E-state index in [9.17, 15) is 4.79 Å². The van der Waals surface area contributed by atoms with E-state index in [1.165, 1.54) is 11.8 Å². The number of nitrogens with zero attached hydrogens (tertiary/aromatic N) is 4. The minimum absolute atomic E-state index is 0.0535. The number of benzene rings is 2. The number of Topliss-reactive ketones (excluding diaryl/α,β-unsaturated/α-hetero) is 1. The predicted octanol–water partition coefficient (Wildman–Crippen LogP) is 2.14. The van der Waals surface area contributed by atoms with Crippen molar-refractivity contribution >= 4 is 17.5 Å². The van der Waals surface area contributed by atoms with Crippen LogP contribution in [0.2, 0.25) is 0 Å². The van der Waals surface area contributed by atoms with Crippen LogP contribution in [-0.4, -0.2) is 51.8 Å². The molecule has 0 bridgehead atoms. The summed E-state index contributed by atoms with van der Waals surface area (Å²) >= 11 is 1.26. The molecule has 2 aliphatic rings. The van der Waals surface area contributed by atoms with Crippen LogP contribution in [0.5, 0.6) is 23.0 Å². The molecule has 142 valence electrons. The van der Waals surface area contributed by atoms with E-state index in [4.69, 9.17) is 18.9 Å². The Bertz CT molecular complexity index is 1050. The molecule has 0 saturated carbocycles. The van der Waals surface area contributed by atoms with E-state index >= 15 is 0 Å². The number of hydrogen-bond donors (Lipinski definition) is 0. The third kappa shape index (κ3) is 3.11. The number of ether oxygens (including phenoxy) is 4. The molecule has 0 N–H and O–H groups in total. The number of fused-ring (bicyclic) bond motifs is 2. The smallest absolute Gasteiger partial charge is 0.231 e. The van der Waals surface area contributed by atoms with Crippen molar-refractivity contribution in [1.82, 2.24) is 20.2 Å². The van der Waals surface area contributed by atoms with E-state index in [1.54, 1.807) is 35.0 Å². The first kappa shape index (κ1) is 16.9. The lowest BCUT2D eigenvalue weighted by atomic mass is 10.1. The number of tetrazole rings is 1. The summed E-state index contributed by atoms with van der Waals surface area (Å²) in [6.45, 7) is 1.18. The number of aromatic nitrogens is 4. The largest absolute Gasteiger partial charge is 0.486 e. The molecule has 0 aliphatic carbocycles. The van der Waals surface area contributed by atoms with Crippen molar-refractivity contribution in [3.05, 3.63) is 42.0 Å². The van der Waals surface area contributed by atoms with E-state index in [2.05, 4.69) is 15.5 Å². The van der Waals surface area contributed by atoms with Crippen molar-refractivity contribution in [3.63, 3.8) is 0 Å². The Labute approximate surface area is 163 Å².